The number of carbonyl (C=O) groups excluding carboxylic acids is 1. The highest BCUT2D eigenvalue weighted by molar-refractivity contribution is 5.67. The van der Waals surface area contributed by atoms with Gasteiger partial charge in [0.2, 0.25) is 0 Å². The van der Waals surface area contributed by atoms with E-state index in [-0.39, 0.29) is 6.09 Å². The first-order valence-corrected chi connectivity index (χ1v) is 2.86. The second kappa shape index (κ2) is 5.41. The fourth-order valence-electron chi connectivity index (χ4n) is 0.343. The number of nitrogens with one attached hydrogen (secondary N) is 1. The summed E-state index contributed by atoms with van der Waals surface area (Å²) in [6.07, 6.45) is 2.36. The molecule has 0 aliphatic rings. The Morgan fingerprint density at radius 1 is 1.78 bits per heavy atom. The zero-order chi connectivity index (χ0) is 7.11. The molecule has 0 unspecified atom stereocenters. The van der Waals surface area contributed by atoms with Crippen LogP contribution in [0.4, 0.5) is 4.79 Å². The van der Waals surface area contributed by atoms with Crippen LogP contribution < -0.4 is 5.32 Å². The van der Waals surface area contributed by atoms with Crippen LogP contribution in [0.5, 0.6) is 0 Å². The molecule has 0 saturated carbocycles. The molecule has 0 aliphatic carbocycles. The van der Waals surface area contributed by atoms with Gasteiger partial charge in [0.25, 0.3) is 0 Å². The van der Waals surface area contributed by atoms with E-state index in [9.17, 15) is 4.79 Å². The molecule has 0 fully saturated rings. The highest BCUT2D eigenvalue weighted by Crippen LogP contribution is 1.75. The van der Waals surface area contributed by atoms with Crippen molar-refractivity contribution in [1.29, 1.82) is 0 Å². The number of carbonyl (C=O) groups is 1. The summed E-state index contributed by atoms with van der Waals surface area (Å²) in [4.78, 5) is 10.4. The van der Waals surface area contributed by atoms with Gasteiger partial charge in [-0.25, -0.2) is 4.79 Å². The molecule has 0 aliphatic heterocycles. The molecule has 3 nitrogen and oxygen atoms in total. The maximum atomic E-state index is 10.4. The summed E-state index contributed by atoms with van der Waals surface area (Å²) in [5.74, 6) is 0. The average molecular weight is 129 g/mol. The number of amides is 1. The van der Waals surface area contributed by atoms with E-state index in [0.29, 0.717) is 13.2 Å². The lowest BCUT2D eigenvalue weighted by Gasteiger charge is -2.00. The second-order valence-corrected chi connectivity index (χ2v) is 1.43. The Morgan fingerprint density at radius 3 is 2.89 bits per heavy atom. The topological polar surface area (TPSA) is 38.3 Å². The Morgan fingerprint density at radius 2 is 2.44 bits per heavy atom. The summed E-state index contributed by atoms with van der Waals surface area (Å²) in [7, 11) is 0. The summed E-state index contributed by atoms with van der Waals surface area (Å²) < 4.78 is 4.55. The summed E-state index contributed by atoms with van der Waals surface area (Å²) in [5.41, 5.74) is 0. The second-order valence-electron chi connectivity index (χ2n) is 1.43. The lowest BCUT2D eigenvalue weighted by molar-refractivity contribution is 0.153. The van der Waals surface area contributed by atoms with Crippen LogP contribution in [0.25, 0.3) is 0 Å². The predicted molar refractivity (Wildman–Crippen MR) is 33.9 cm³/mol. The van der Waals surface area contributed by atoms with Crippen molar-refractivity contribution in [1.82, 2.24) is 5.32 Å². The van der Waals surface area contributed by atoms with Gasteiger partial charge in [0.05, 0.1) is 6.61 Å². The summed E-state index contributed by atoms with van der Waals surface area (Å²) in [6, 6.07) is 0. The van der Waals surface area contributed by atoms with Gasteiger partial charge < -0.3 is 10.1 Å². The highest BCUT2D eigenvalue weighted by atomic mass is 16.5. The molecule has 0 heterocycles. The summed E-state index contributed by atoms with van der Waals surface area (Å²) >= 11 is 0. The van der Waals surface area contributed by atoms with Crippen LogP contribution in [-0.2, 0) is 4.74 Å². The number of rotatable bonds is 3. The minimum Gasteiger partial charge on any atom is -0.450 e. The fourth-order valence-corrected chi connectivity index (χ4v) is 0.343. The van der Waals surface area contributed by atoms with E-state index in [1.165, 1.54) is 0 Å². The van der Waals surface area contributed by atoms with Crippen molar-refractivity contribution in [2.75, 3.05) is 13.2 Å². The highest BCUT2D eigenvalue weighted by Gasteiger charge is 1.94. The van der Waals surface area contributed by atoms with Crippen LogP contribution in [0.2, 0.25) is 0 Å². The van der Waals surface area contributed by atoms with E-state index in [1.54, 1.807) is 13.8 Å². The third-order valence-electron chi connectivity index (χ3n) is 0.685. The quantitative estimate of drug-likeness (QED) is 0.613. The molecule has 9 heavy (non-hydrogen) atoms. The van der Waals surface area contributed by atoms with Crippen LogP contribution >= 0.6 is 0 Å². The molecule has 0 aromatic carbocycles. The van der Waals surface area contributed by atoms with Crippen molar-refractivity contribution in [3.8, 4) is 0 Å². The molecule has 0 bridgehead atoms. The van der Waals surface area contributed by atoms with Crippen LogP contribution in [0.3, 0.4) is 0 Å². The van der Waals surface area contributed by atoms with Gasteiger partial charge in [-0.1, -0.05) is 6.92 Å². The smallest absolute Gasteiger partial charge is 0.407 e. The van der Waals surface area contributed by atoms with E-state index in [2.05, 4.69) is 16.5 Å². The molecular weight excluding hydrogens is 118 g/mol. The summed E-state index contributed by atoms with van der Waals surface area (Å²) in [5, 5.41) is 2.46. The lowest BCUT2D eigenvalue weighted by Crippen LogP contribution is -2.24. The van der Waals surface area contributed by atoms with Crippen LogP contribution in [0.1, 0.15) is 13.8 Å². The van der Waals surface area contributed by atoms with Crippen LogP contribution in [0, 0.1) is 6.42 Å². The first-order chi connectivity index (χ1) is 4.31. The van der Waals surface area contributed by atoms with Crippen molar-refractivity contribution in [2.24, 2.45) is 0 Å². The first-order valence-electron chi connectivity index (χ1n) is 2.86. The van der Waals surface area contributed by atoms with Gasteiger partial charge in [-0.3, -0.25) is 0 Å². The summed E-state index contributed by atoms with van der Waals surface area (Å²) in [6.45, 7) is 4.36. The standard InChI is InChI=1S/C6H11NO2/c1-3-5-7-6(8)9-4-2/h4-5H2,1-2H3,(H,7,8). The zero-order valence-electron chi connectivity index (χ0n) is 5.73. The molecule has 0 atom stereocenters. The minimum absolute atomic E-state index is 0.383. The molecule has 0 rings (SSSR count). The number of hydrogen-bond donors (Lipinski definition) is 1. The number of ether oxygens (including phenoxy) is 1. The predicted octanol–water partition coefficient (Wildman–Crippen LogP) is 0.834. The largest absolute Gasteiger partial charge is 0.450 e. The average Bonchev–Trinajstić information content (AvgIpc) is 1.85. The van der Waals surface area contributed by atoms with Crippen LogP contribution in [-0.4, -0.2) is 19.2 Å². The molecule has 0 spiro atoms. The SMILES string of the molecule is C[C]CNC(=O)OCC. The molecule has 2 radical (unpaired) electrons. The first kappa shape index (κ1) is 8.27. The lowest BCUT2D eigenvalue weighted by atomic mass is 10.5. The Labute approximate surface area is 55.4 Å². The maximum absolute atomic E-state index is 10.4. The van der Waals surface area contributed by atoms with Gasteiger partial charge >= 0.3 is 6.09 Å². The number of hydrogen-bond acceptors (Lipinski definition) is 2. The molecular formula is C6H11NO2. The van der Waals surface area contributed by atoms with Crippen molar-refractivity contribution >= 4 is 6.09 Å². The Hall–Kier alpha value is -0.730. The third-order valence-corrected chi connectivity index (χ3v) is 0.685. The minimum atomic E-state index is -0.383. The van der Waals surface area contributed by atoms with Crippen molar-refractivity contribution in [2.45, 2.75) is 13.8 Å². The van der Waals surface area contributed by atoms with Gasteiger partial charge in [-0.15, -0.1) is 0 Å². The molecule has 3 heteroatoms. The third kappa shape index (κ3) is 5.14. The Balaban J connectivity index is 3.06. The van der Waals surface area contributed by atoms with Gasteiger partial charge in [0.15, 0.2) is 0 Å². The molecule has 1 N–H and O–H groups in total. The van der Waals surface area contributed by atoms with E-state index in [1.807, 2.05) is 0 Å². The normalized spacial score (nSPS) is 8.67. The van der Waals surface area contributed by atoms with E-state index < -0.39 is 0 Å². The molecule has 1 amide bonds. The van der Waals surface area contributed by atoms with Gasteiger partial charge in [-0.2, -0.15) is 0 Å². The maximum Gasteiger partial charge on any atom is 0.407 e. The molecule has 0 saturated heterocycles. The Bertz CT molecular complexity index is 83.1. The van der Waals surface area contributed by atoms with E-state index in [4.69, 9.17) is 0 Å². The zero-order valence-corrected chi connectivity index (χ0v) is 5.73. The monoisotopic (exact) mass is 129 g/mol. The molecule has 0 aromatic rings. The van der Waals surface area contributed by atoms with Gasteiger partial charge in [0, 0.05) is 13.0 Å². The van der Waals surface area contributed by atoms with E-state index >= 15 is 0 Å². The van der Waals surface area contributed by atoms with Crippen molar-refractivity contribution in [3.63, 3.8) is 0 Å². The number of alkyl carbamates (subject to hydrolysis) is 1. The van der Waals surface area contributed by atoms with Crippen molar-refractivity contribution in [3.05, 3.63) is 6.42 Å². The molecule has 0 aromatic heterocycles. The fraction of sp³-hybridized carbons (Fsp3) is 0.667. The van der Waals surface area contributed by atoms with Crippen LogP contribution in [0.15, 0.2) is 0 Å². The van der Waals surface area contributed by atoms with E-state index in [0.717, 1.165) is 0 Å². The van der Waals surface area contributed by atoms with Gasteiger partial charge in [0.1, 0.15) is 0 Å². The van der Waals surface area contributed by atoms with Crippen molar-refractivity contribution < 1.29 is 9.53 Å². The molecule has 52 valence electrons. The van der Waals surface area contributed by atoms with Gasteiger partial charge in [-0.05, 0) is 6.92 Å². The Kier molecular flexibility index (Phi) is 4.97.